The summed E-state index contributed by atoms with van der Waals surface area (Å²) in [7, 11) is 0. The molecule has 0 spiro atoms. The summed E-state index contributed by atoms with van der Waals surface area (Å²) in [5, 5.41) is 12.4. The number of nitrogens with one attached hydrogen (secondary N) is 1. The Kier molecular flexibility index (Phi) is 5.37. The number of carbonyl (C=O) groups is 1. The number of morpholine rings is 1. The zero-order chi connectivity index (χ0) is 12.8. The number of aliphatic hydroxyl groups excluding tert-OH is 1. The minimum Gasteiger partial charge on any atom is -0.394 e. The SMILES string of the molecule is O=C(CN1CCCNCC1)N1CCOC(CO)C1. The lowest BCUT2D eigenvalue weighted by Crippen LogP contribution is -2.50. The van der Waals surface area contributed by atoms with Crippen LogP contribution in [0.3, 0.4) is 0 Å². The van der Waals surface area contributed by atoms with Crippen molar-refractivity contribution in [3.8, 4) is 0 Å². The van der Waals surface area contributed by atoms with Gasteiger partial charge in [-0.3, -0.25) is 9.69 Å². The maximum absolute atomic E-state index is 12.2. The van der Waals surface area contributed by atoms with Gasteiger partial charge in [-0.2, -0.15) is 0 Å². The number of nitrogens with zero attached hydrogens (tertiary/aromatic N) is 2. The molecule has 6 heteroatoms. The Balaban J connectivity index is 1.79. The number of amides is 1. The first-order valence-corrected chi connectivity index (χ1v) is 6.73. The molecule has 104 valence electrons. The van der Waals surface area contributed by atoms with Crippen LogP contribution in [0.4, 0.5) is 0 Å². The highest BCUT2D eigenvalue weighted by molar-refractivity contribution is 5.78. The van der Waals surface area contributed by atoms with Gasteiger partial charge in [-0.15, -0.1) is 0 Å². The van der Waals surface area contributed by atoms with Crippen LogP contribution in [0.1, 0.15) is 6.42 Å². The van der Waals surface area contributed by atoms with Crippen molar-refractivity contribution in [1.29, 1.82) is 0 Å². The second-order valence-electron chi connectivity index (χ2n) is 4.89. The number of ether oxygens (including phenoxy) is 1. The van der Waals surface area contributed by atoms with Gasteiger partial charge in [0, 0.05) is 26.2 Å². The van der Waals surface area contributed by atoms with Crippen molar-refractivity contribution in [3.63, 3.8) is 0 Å². The molecule has 2 aliphatic rings. The van der Waals surface area contributed by atoms with Gasteiger partial charge in [0.15, 0.2) is 0 Å². The first-order chi connectivity index (χ1) is 8.79. The third-order valence-corrected chi connectivity index (χ3v) is 3.49. The Morgan fingerprint density at radius 1 is 1.33 bits per heavy atom. The van der Waals surface area contributed by atoms with E-state index in [-0.39, 0.29) is 18.6 Å². The van der Waals surface area contributed by atoms with E-state index in [0.717, 1.165) is 32.6 Å². The molecule has 2 heterocycles. The molecule has 2 rings (SSSR count). The third-order valence-electron chi connectivity index (χ3n) is 3.49. The predicted octanol–water partition coefficient (Wildman–Crippen LogP) is -1.50. The minimum atomic E-state index is -0.214. The molecule has 0 aromatic heterocycles. The first-order valence-electron chi connectivity index (χ1n) is 6.73. The van der Waals surface area contributed by atoms with Crippen LogP contribution in [-0.4, -0.2) is 85.9 Å². The molecule has 2 N–H and O–H groups in total. The lowest BCUT2D eigenvalue weighted by atomic mass is 10.2. The lowest BCUT2D eigenvalue weighted by Gasteiger charge is -2.33. The molecule has 0 aromatic carbocycles. The summed E-state index contributed by atoms with van der Waals surface area (Å²) in [5.41, 5.74) is 0. The highest BCUT2D eigenvalue weighted by atomic mass is 16.5. The highest BCUT2D eigenvalue weighted by Crippen LogP contribution is 2.06. The van der Waals surface area contributed by atoms with Gasteiger partial charge < -0.3 is 20.1 Å². The Labute approximate surface area is 108 Å². The molecule has 2 aliphatic heterocycles. The molecular formula is C12H23N3O3. The smallest absolute Gasteiger partial charge is 0.236 e. The van der Waals surface area contributed by atoms with Crippen molar-refractivity contribution < 1.29 is 14.6 Å². The van der Waals surface area contributed by atoms with Gasteiger partial charge in [0.05, 0.1) is 25.9 Å². The fourth-order valence-electron chi connectivity index (χ4n) is 2.41. The maximum Gasteiger partial charge on any atom is 0.236 e. The molecule has 0 bridgehead atoms. The molecule has 0 aliphatic carbocycles. The van der Waals surface area contributed by atoms with Gasteiger partial charge in [0.1, 0.15) is 0 Å². The molecule has 18 heavy (non-hydrogen) atoms. The number of hydrogen-bond acceptors (Lipinski definition) is 5. The van der Waals surface area contributed by atoms with Crippen LogP contribution in [0.5, 0.6) is 0 Å². The zero-order valence-electron chi connectivity index (χ0n) is 10.8. The van der Waals surface area contributed by atoms with Gasteiger partial charge in [-0.25, -0.2) is 0 Å². The van der Waals surface area contributed by atoms with Crippen molar-refractivity contribution in [2.24, 2.45) is 0 Å². The molecule has 1 atom stereocenters. The number of carbonyl (C=O) groups excluding carboxylic acids is 1. The molecule has 6 nitrogen and oxygen atoms in total. The quantitative estimate of drug-likeness (QED) is 0.644. The fourth-order valence-corrected chi connectivity index (χ4v) is 2.41. The first kappa shape index (κ1) is 13.7. The second kappa shape index (κ2) is 7.04. The lowest BCUT2D eigenvalue weighted by molar-refractivity contribution is -0.141. The van der Waals surface area contributed by atoms with Crippen molar-refractivity contribution in [3.05, 3.63) is 0 Å². The molecule has 0 saturated carbocycles. The number of rotatable bonds is 3. The second-order valence-corrected chi connectivity index (χ2v) is 4.89. The summed E-state index contributed by atoms with van der Waals surface area (Å²) in [6.45, 7) is 6.05. The van der Waals surface area contributed by atoms with Gasteiger partial charge in [0.25, 0.3) is 0 Å². The Bertz CT molecular complexity index is 267. The van der Waals surface area contributed by atoms with E-state index in [2.05, 4.69) is 10.2 Å². The normalized spacial score (nSPS) is 26.9. The summed E-state index contributed by atoms with van der Waals surface area (Å²) in [5.74, 6) is 0.152. The van der Waals surface area contributed by atoms with Crippen molar-refractivity contribution in [1.82, 2.24) is 15.1 Å². The Hall–Kier alpha value is -0.690. The van der Waals surface area contributed by atoms with E-state index < -0.39 is 0 Å². The van der Waals surface area contributed by atoms with Gasteiger partial charge in [-0.1, -0.05) is 0 Å². The predicted molar refractivity (Wildman–Crippen MR) is 67.3 cm³/mol. The van der Waals surface area contributed by atoms with Crippen LogP contribution in [0.2, 0.25) is 0 Å². The van der Waals surface area contributed by atoms with E-state index in [1.165, 1.54) is 0 Å². The summed E-state index contributed by atoms with van der Waals surface area (Å²) in [6, 6.07) is 0. The Morgan fingerprint density at radius 2 is 2.22 bits per heavy atom. The van der Waals surface area contributed by atoms with Crippen LogP contribution in [0.15, 0.2) is 0 Å². The monoisotopic (exact) mass is 257 g/mol. The van der Waals surface area contributed by atoms with E-state index in [4.69, 9.17) is 9.84 Å². The van der Waals surface area contributed by atoms with Crippen LogP contribution >= 0.6 is 0 Å². The van der Waals surface area contributed by atoms with E-state index in [9.17, 15) is 4.79 Å². The summed E-state index contributed by atoms with van der Waals surface area (Å²) >= 11 is 0. The number of aliphatic hydroxyl groups is 1. The van der Waals surface area contributed by atoms with Crippen LogP contribution < -0.4 is 5.32 Å². The third kappa shape index (κ3) is 3.91. The average Bonchev–Trinajstić information content (AvgIpc) is 2.67. The Morgan fingerprint density at radius 3 is 3.06 bits per heavy atom. The van der Waals surface area contributed by atoms with Crippen molar-refractivity contribution in [2.75, 3.05) is 59.0 Å². The summed E-state index contributed by atoms with van der Waals surface area (Å²) in [6.07, 6.45) is 0.879. The molecular weight excluding hydrogens is 234 g/mol. The van der Waals surface area contributed by atoms with E-state index >= 15 is 0 Å². The van der Waals surface area contributed by atoms with Crippen LogP contribution in [-0.2, 0) is 9.53 Å². The zero-order valence-corrected chi connectivity index (χ0v) is 10.8. The van der Waals surface area contributed by atoms with E-state index in [1.807, 2.05) is 4.90 Å². The molecule has 2 fully saturated rings. The average molecular weight is 257 g/mol. The molecule has 0 radical (unpaired) electrons. The van der Waals surface area contributed by atoms with Crippen molar-refractivity contribution >= 4 is 5.91 Å². The van der Waals surface area contributed by atoms with Crippen molar-refractivity contribution in [2.45, 2.75) is 12.5 Å². The van der Waals surface area contributed by atoms with Gasteiger partial charge in [-0.05, 0) is 19.5 Å². The maximum atomic E-state index is 12.2. The highest BCUT2D eigenvalue weighted by Gasteiger charge is 2.24. The molecule has 1 amide bonds. The van der Waals surface area contributed by atoms with Gasteiger partial charge >= 0.3 is 0 Å². The van der Waals surface area contributed by atoms with E-state index in [1.54, 1.807) is 0 Å². The fraction of sp³-hybridized carbons (Fsp3) is 0.917. The molecule has 1 unspecified atom stereocenters. The summed E-state index contributed by atoms with van der Waals surface area (Å²) < 4.78 is 5.35. The van der Waals surface area contributed by atoms with Crippen LogP contribution in [0, 0.1) is 0 Å². The molecule has 0 aromatic rings. The van der Waals surface area contributed by atoms with Crippen LogP contribution in [0.25, 0.3) is 0 Å². The largest absolute Gasteiger partial charge is 0.394 e. The minimum absolute atomic E-state index is 0.0165. The van der Waals surface area contributed by atoms with Gasteiger partial charge in [0.2, 0.25) is 5.91 Å². The molecule has 2 saturated heterocycles. The standard InChI is InChI=1S/C12H23N3O3/c16-10-11-8-15(6-7-18-11)12(17)9-14-4-1-2-13-3-5-14/h11,13,16H,1-10H2. The number of hydrogen-bond donors (Lipinski definition) is 2. The summed E-state index contributed by atoms with van der Waals surface area (Å²) in [4.78, 5) is 16.2. The topological polar surface area (TPSA) is 65.0 Å². The van der Waals surface area contributed by atoms with E-state index in [0.29, 0.717) is 26.2 Å².